The van der Waals surface area contributed by atoms with Crippen molar-refractivity contribution < 1.29 is 19.1 Å². The van der Waals surface area contributed by atoms with Crippen LogP contribution in [0.5, 0.6) is 11.5 Å². The van der Waals surface area contributed by atoms with E-state index in [9.17, 15) is 9.59 Å². The molecule has 8 heteroatoms. The molecule has 6 nitrogen and oxygen atoms in total. The van der Waals surface area contributed by atoms with Gasteiger partial charge >= 0.3 is 0 Å². The van der Waals surface area contributed by atoms with E-state index in [4.69, 9.17) is 32.7 Å². The third-order valence-corrected chi connectivity index (χ3v) is 6.86. The van der Waals surface area contributed by atoms with Crippen LogP contribution in [0.2, 0.25) is 10.0 Å². The number of methoxy groups -OCH3 is 1. The van der Waals surface area contributed by atoms with E-state index in [1.165, 1.54) is 11.3 Å². The van der Waals surface area contributed by atoms with Gasteiger partial charge in [0.15, 0.2) is 6.61 Å². The second-order valence-electron chi connectivity index (χ2n) is 8.45. The van der Waals surface area contributed by atoms with Crippen molar-refractivity contribution in [3.63, 3.8) is 0 Å². The fraction of sp³-hybridized carbons (Fsp3) is 0.462. The normalized spacial score (nSPS) is 14.8. The van der Waals surface area contributed by atoms with E-state index in [2.05, 4.69) is 5.32 Å². The Hall–Kier alpha value is -2.44. The summed E-state index contributed by atoms with van der Waals surface area (Å²) in [6.07, 6.45) is 5.79. The first-order chi connectivity index (χ1) is 16.4. The maximum atomic E-state index is 13.4. The summed E-state index contributed by atoms with van der Waals surface area (Å²) in [6.45, 7) is 1.78. The van der Waals surface area contributed by atoms with Crippen molar-refractivity contribution in [3.8, 4) is 11.5 Å². The summed E-state index contributed by atoms with van der Waals surface area (Å²) < 4.78 is 10.9. The molecule has 2 aromatic rings. The highest BCUT2D eigenvalue weighted by Crippen LogP contribution is 2.27. The Balaban J connectivity index is 1.78. The van der Waals surface area contributed by atoms with Crippen molar-refractivity contribution >= 4 is 35.0 Å². The Bertz CT molecular complexity index is 942. The monoisotopic (exact) mass is 506 g/mol. The van der Waals surface area contributed by atoms with E-state index in [0.29, 0.717) is 33.5 Å². The summed E-state index contributed by atoms with van der Waals surface area (Å²) in [4.78, 5) is 28.2. The van der Waals surface area contributed by atoms with Crippen LogP contribution in [0.4, 0.5) is 0 Å². The van der Waals surface area contributed by atoms with Gasteiger partial charge < -0.3 is 19.7 Å². The number of ether oxygens (including phenoxy) is 2. The number of hydrogen-bond donors (Lipinski definition) is 1. The number of nitrogens with one attached hydrogen (secondary N) is 1. The second kappa shape index (κ2) is 12.9. The third kappa shape index (κ3) is 7.03. The van der Waals surface area contributed by atoms with Crippen LogP contribution in [0.25, 0.3) is 0 Å². The largest absolute Gasteiger partial charge is 0.497 e. The molecule has 0 saturated heterocycles. The lowest BCUT2D eigenvalue weighted by Gasteiger charge is -2.33. The number of carbonyl (C=O) groups excluding carboxylic acids is 2. The summed E-state index contributed by atoms with van der Waals surface area (Å²) in [5.41, 5.74) is 0.604. The van der Waals surface area contributed by atoms with Crippen LogP contribution in [0, 0.1) is 0 Å². The fourth-order valence-electron chi connectivity index (χ4n) is 4.22. The first-order valence-electron chi connectivity index (χ1n) is 11.7. The smallest absolute Gasteiger partial charge is 0.261 e. The topological polar surface area (TPSA) is 67.9 Å². The minimum Gasteiger partial charge on any atom is -0.497 e. The molecule has 2 amide bonds. The Kier molecular flexibility index (Phi) is 9.90. The zero-order valence-corrected chi connectivity index (χ0v) is 21.2. The predicted octanol–water partition coefficient (Wildman–Crippen LogP) is 5.64. The fourth-order valence-corrected chi connectivity index (χ4v) is 4.73. The summed E-state index contributed by atoms with van der Waals surface area (Å²) in [7, 11) is 1.58. The number of carbonyl (C=O) groups is 2. The molecule has 1 saturated carbocycles. The Labute approximate surface area is 211 Å². The highest BCUT2D eigenvalue weighted by molar-refractivity contribution is 6.36. The average molecular weight is 507 g/mol. The van der Waals surface area contributed by atoms with Crippen molar-refractivity contribution in [3.05, 3.63) is 58.1 Å². The predicted molar refractivity (Wildman–Crippen MR) is 135 cm³/mol. The van der Waals surface area contributed by atoms with E-state index >= 15 is 0 Å². The molecule has 3 rings (SSSR count). The van der Waals surface area contributed by atoms with Crippen molar-refractivity contribution in [1.82, 2.24) is 10.2 Å². The van der Waals surface area contributed by atoms with Gasteiger partial charge in [0, 0.05) is 28.2 Å². The van der Waals surface area contributed by atoms with E-state index in [0.717, 1.165) is 25.7 Å². The molecule has 0 spiro atoms. The van der Waals surface area contributed by atoms with Gasteiger partial charge in [0.05, 0.1) is 7.11 Å². The summed E-state index contributed by atoms with van der Waals surface area (Å²) in [6, 6.07) is 11.7. The van der Waals surface area contributed by atoms with Crippen molar-refractivity contribution in [1.29, 1.82) is 0 Å². The summed E-state index contributed by atoms with van der Waals surface area (Å²) in [5.74, 6) is 0.747. The van der Waals surface area contributed by atoms with E-state index in [1.54, 1.807) is 49.6 Å². The Morgan fingerprint density at radius 1 is 1.03 bits per heavy atom. The van der Waals surface area contributed by atoms with Crippen LogP contribution >= 0.6 is 23.2 Å². The minimum atomic E-state index is -0.666. The molecule has 0 heterocycles. The van der Waals surface area contributed by atoms with Crippen LogP contribution in [0.1, 0.15) is 51.0 Å². The van der Waals surface area contributed by atoms with Gasteiger partial charge in [-0.2, -0.15) is 0 Å². The summed E-state index contributed by atoms with van der Waals surface area (Å²) >= 11 is 12.8. The van der Waals surface area contributed by atoms with Crippen LogP contribution in [0.3, 0.4) is 0 Å². The molecule has 0 bridgehead atoms. The molecule has 0 aromatic heterocycles. The first kappa shape index (κ1) is 26.2. The van der Waals surface area contributed by atoms with Gasteiger partial charge in [0.1, 0.15) is 17.5 Å². The lowest BCUT2D eigenvalue weighted by Crippen LogP contribution is -2.52. The van der Waals surface area contributed by atoms with Crippen LogP contribution in [-0.2, 0) is 16.1 Å². The Morgan fingerprint density at radius 2 is 1.65 bits per heavy atom. The van der Waals surface area contributed by atoms with Gasteiger partial charge in [-0.1, -0.05) is 55.5 Å². The molecule has 0 unspecified atom stereocenters. The number of amides is 2. The first-order valence-corrected chi connectivity index (χ1v) is 12.5. The molecular formula is C26H32Cl2N2O4. The molecule has 1 aliphatic carbocycles. The zero-order chi connectivity index (χ0) is 24.5. The SMILES string of the molecule is CC[C@H](C(=O)NC1CCCCC1)N(Cc1c(Cl)cccc1Cl)C(=O)COc1ccc(OC)cc1. The van der Waals surface area contributed by atoms with E-state index < -0.39 is 6.04 Å². The minimum absolute atomic E-state index is 0.111. The van der Waals surface area contributed by atoms with Gasteiger partial charge in [-0.3, -0.25) is 9.59 Å². The maximum Gasteiger partial charge on any atom is 0.261 e. The number of benzene rings is 2. The molecule has 1 fully saturated rings. The molecule has 0 aliphatic heterocycles. The average Bonchev–Trinajstić information content (AvgIpc) is 2.85. The molecule has 34 heavy (non-hydrogen) atoms. The van der Waals surface area contributed by atoms with Gasteiger partial charge in [-0.05, 0) is 55.7 Å². The lowest BCUT2D eigenvalue weighted by molar-refractivity contribution is -0.143. The van der Waals surface area contributed by atoms with Crippen LogP contribution in [-0.4, -0.2) is 42.5 Å². The Morgan fingerprint density at radius 3 is 2.24 bits per heavy atom. The third-order valence-electron chi connectivity index (χ3n) is 6.15. The molecule has 1 atom stereocenters. The molecule has 2 aromatic carbocycles. The van der Waals surface area contributed by atoms with Crippen molar-refractivity contribution in [2.75, 3.05) is 13.7 Å². The highest BCUT2D eigenvalue weighted by Gasteiger charge is 2.31. The second-order valence-corrected chi connectivity index (χ2v) is 9.27. The molecule has 0 radical (unpaired) electrons. The maximum absolute atomic E-state index is 13.4. The lowest BCUT2D eigenvalue weighted by atomic mass is 9.95. The summed E-state index contributed by atoms with van der Waals surface area (Å²) in [5, 5.41) is 4.05. The van der Waals surface area contributed by atoms with Gasteiger partial charge in [0.25, 0.3) is 5.91 Å². The van der Waals surface area contributed by atoms with Crippen molar-refractivity contribution in [2.24, 2.45) is 0 Å². The van der Waals surface area contributed by atoms with Gasteiger partial charge in [-0.15, -0.1) is 0 Å². The molecule has 1 N–H and O–H groups in total. The number of rotatable bonds is 10. The van der Waals surface area contributed by atoms with Crippen LogP contribution in [0.15, 0.2) is 42.5 Å². The van der Waals surface area contributed by atoms with Gasteiger partial charge in [0.2, 0.25) is 5.91 Å². The van der Waals surface area contributed by atoms with E-state index in [-0.39, 0.29) is 31.0 Å². The molecule has 1 aliphatic rings. The standard InChI is InChI=1S/C26H32Cl2N2O4/c1-3-24(26(32)29-18-8-5-4-6-9-18)30(16-21-22(27)10-7-11-23(21)28)25(31)17-34-20-14-12-19(33-2)13-15-20/h7,10-15,18,24H,3-6,8-9,16-17H2,1-2H3,(H,29,32)/t24-/m1/s1. The molecular weight excluding hydrogens is 475 g/mol. The van der Waals surface area contributed by atoms with Crippen molar-refractivity contribution in [2.45, 2.75) is 64.1 Å². The number of hydrogen-bond acceptors (Lipinski definition) is 4. The number of halogens is 2. The van der Waals surface area contributed by atoms with E-state index in [1.807, 2.05) is 6.92 Å². The zero-order valence-electron chi connectivity index (χ0n) is 19.7. The van der Waals surface area contributed by atoms with Crippen LogP contribution < -0.4 is 14.8 Å². The molecule has 184 valence electrons. The number of nitrogens with zero attached hydrogens (tertiary/aromatic N) is 1. The highest BCUT2D eigenvalue weighted by atomic mass is 35.5. The quantitative estimate of drug-likeness (QED) is 0.452. The van der Waals surface area contributed by atoms with Gasteiger partial charge in [-0.25, -0.2) is 0 Å².